The maximum Gasteiger partial charge on any atom is 0.245 e. The summed E-state index contributed by atoms with van der Waals surface area (Å²) in [7, 11) is 3.14. The summed E-state index contributed by atoms with van der Waals surface area (Å²) in [5.74, 6) is 1.63. The van der Waals surface area contributed by atoms with E-state index < -0.39 is 0 Å². The number of nitrogens with zero attached hydrogens (tertiary/aromatic N) is 4. The fraction of sp³-hybridized carbons (Fsp3) is 0.200. The summed E-state index contributed by atoms with van der Waals surface area (Å²) >= 11 is 1.37. The first-order chi connectivity index (χ1) is 17.5. The normalized spacial score (nSPS) is 10.6. The van der Waals surface area contributed by atoms with Crippen LogP contribution in [0.1, 0.15) is 10.4 Å². The summed E-state index contributed by atoms with van der Waals surface area (Å²) in [6.07, 6.45) is 4.03. The minimum absolute atomic E-state index is 0.0336. The zero-order valence-corrected chi connectivity index (χ0v) is 20.6. The van der Waals surface area contributed by atoms with Crippen LogP contribution in [0.3, 0.4) is 0 Å². The van der Waals surface area contributed by atoms with Gasteiger partial charge in [0.05, 0.1) is 20.8 Å². The van der Waals surface area contributed by atoms with Gasteiger partial charge in [-0.25, -0.2) is 9.37 Å². The Bertz CT molecular complexity index is 1350. The molecular weight excluding hydrogens is 483 g/mol. The predicted octanol–water partition coefficient (Wildman–Crippen LogP) is 4.39. The molecule has 4 rings (SSSR count). The van der Waals surface area contributed by atoms with Crippen molar-refractivity contribution < 1.29 is 18.7 Å². The average molecular weight is 509 g/mol. The largest absolute Gasteiger partial charge is 0.493 e. The average Bonchev–Trinajstić information content (AvgIpc) is 3.50. The van der Waals surface area contributed by atoms with E-state index in [1.807, 2.05) is 16.7 Å². The number of benzene rings is 2. The lowest BCUT2D eigenvalue weighted by molar-refractivity contribution is -0.114. The minimum Gasteiger partial charge on any atom is -0.493 e. The Kier molecular flexibility index (Phi) is 7.91. The number of carbonyl (C=O) groups is 1. The zero-order chi connectivity index (χ0) is 25.5. The van der Waals surface area contributed by atoms with E-state index in [1.54, 1.807) is 44.7 Å². The molecule has 0 saturated heterocycles. The second-order valence-corrected chi connectivity index (χ2v) is 8.77. The van der Waals surface area contributed by atoms with Gasteiger partial charge in [-0.05, 0) is 35.9 Å². The van der Waals surface area contributed by atoms with Gasteiger partial charge < -0.3 is 20.1 Å². The van der Waals surface area contributed by atoms with Crippen molar-refractivity contribution in [1.29, 1.82) is 0 Å². The topological polar surface area (TPSA) is 103 Å². The van der Waals surface area contributed by atoms with Crippen LogP contribution >= 0.6 is 11.3 Å². The number of nitrogens with one attached hydrogen (secondary N) is 2. The number of halogens is 1. The molecule has 186 valence electrons. The van der Waals surface area contributed by atoms with E-state index >= 15 is 0 Å². The van der Waals surface area contributed by atoms with Crippen LogP contribution < -0.4 is 20.1 Å². The molecule has 2 aromatic heterocycles. The molecule has 0 bridgehead atoms. The molecule has 0 aliphatic rings. The first-order valence-corrected chi connectivity index (χ1v) is 11.8. The molecule has 0 unspecified atom stereocenters. The smallest absolute Gasteiger partial charge is 0.245 e. The number of hydrogen-bond donors (Lipinski definition) is 2. The van der Waals surface area contributed by atoms with Gasteiger partial charge in [0, 0.05) is 29.6 Å². The van der Waals surface area contributed by atoms with Crippen LogP contribution in [0.15, 0.2) is 61.3 Å². The maximum atomic E-state index is 13.1. The van der Waals surface area contributed by atoms with Gasteiger partial charge in [-0.3, -0.25) is 9.36 Å². The molecule has 2 aromatic carbocycles. The number of carbonyl (C=O) groups excluding carboxylic acids is 1. The van der Waals surface area contributed by atoms with Crippen molar-refractivity contribution in [2.45, 2.75) is 13.0 Å². The number of anilines is 2. The van der Waals surface area contributed by atoms with Crippen molar-refractivity contribution in [3.63, 3.8) is 0 Å². The van der Waals surface area contributed by atoms with Gasteiger partial charge in [-0.2, -0.15) is 0 Å². The molecule has 0 saturated carbocycles. The molecule has 1 amide bonds. The Balaban J connectivity index is 1.40. The molecule has 9 nitrogen and oxygen atoms in total. The molecular formula is C25H25FN6O3S. The monoisotopic (exact) mass is 508 g/mol. The fourth-order valence-corrected chi connectivity index (χ4v) is 4.36. The van der Waals surface area contributed by atoms with Crippen molar-refractivity contribution in [1.82, 2.24) is 19.7 Å². The number of rotatable bonds is 11. The number of methoxy groups -OCH3 is 2. The van der Waals surface area contributed by atoms with Gasteiger partial charge >= 0.3 is 0 Å². The molecule has 2 heterocycles. The molecule has 0 atom stereocenters. The van der Waals surface area contributed by atoms with Gasteiger partial charge in [-0.1, -0.05) is 18.2 Å². The third-order valence-corrected chi connectivity index (χ3v) is 6.12. The van der Waals surface area contributed by atoms with Crippen LogP contribution in [0.25, 0.3) is 11.4 Å². The molecule has 0 aliphatic heterocycles. The molecule has 0 spiro atoms. The standard InChI is InChI=1S/C25H25FN6O3S/c1-4-11-32-23(17-7-10-20(34-2)21(13-17)35-3)30-31-24(32)27-15-22(33)29-25-28-14-19(36-25)12-16-5-8-18(26)9-6-16/h4-10,13-14H,1,11-12,15H2,2-3H3,(H,27,31)(H,28,29,33). The third-order valence-electron chi connectivity index (χ3n) is 5.20. The molecule has 0 fully saturated rings. The van der Waals surface area contributed by atoms with Crippen molar-refractivity contribution in [3.05, 3.63) is 77.6 Å². The highest BCUT2D eigenvalue weighted by Gasteiger charge is 2.16. The van der Waals surface area contributed by atoms with Crippen LogP contribution in [-0.2, 0) is 17.8 Å². The van der Waals surface area contributed by atoms with E-state index in [4.69, 9.17) is 9.47 Å². The minimum atomic E-state index is -0.279. The van der Waals surface area contributed by atoms with Gasteiger partial charge in [-0.15, -0.1) is 28.1 Å². The van der Waals surface area contributed by atoms with Crippen LogP contribution in [0.2, 0.25) is 0 Å². The summed E-state index contributed by atoms with van der Waals surface area (Å²) in [5, 5.41) is 14.8. The third kappa shape index (κ3) is 5.87. The summed E-state index contributed by atoms with van der Waals surface area (Å²) in [6.45, 7) is 4.20. The lowest BCUT2D eigenvalue weighted by Crippen LogP contribution is -2.23. The molecule has 0 aliphatic carbocycles. The Morgan fingerprint density at radius 3 is 2.64 bits per heavy atom. The first-order valence-electron chi connectivity index (χ1n) is 11.0. The molecule has 11 heteroatoms. The quantitative estimate of drug-likeness (QED) is 0.290. The van der Waals surface area contributed by atoms with E-state index in [0.717, 1.165) is 16.0 Å². The van der Waals surface area contributed by atoms with Crippen LogP contribution in [0, 0.1) is 5.82 Å². The number of aromatic nitrogens is 4. The highest BCUT2D eigenvalue weighted by molar-refractivity contribution is 7.15. The molecule has 0 radical (unpaired) electrons. The molecule has 4 aromatic rings. The number of ether oxygens (including phenoxy) is 2. The Labute approximate surface area is 211 Å². The predicted molar refractivity (Wildman–Crippen MR) is 137 cm³/mol. The summed E-state index contributed by atoms with van der Waals surface area (Å²) in [4.78, 5) is 17.8. The highest BCUT2D eigenvalue weighted by Crippen LogP contribution is 2.32. The Morgan fingerprint density at radius 2 is 1.92 bits per heavy atom. The number of allylic oxidation sites excluding steroid dienone is 1. The summed E-state index contributed by atoms with van der Waals surface area (Å²) < 4.78 is 25.6. The fourth-order valence-electron chi connectivity index (χ4n) is 3.50. The summed E-state index contributed by atoms with van der Waals surface area (Å²) in [5.41, 5.74) is 1.74. The van der Waals surface area contributed by atoms with Crippen molar-refractivity contribution in [2.75, 3.05) is 31.4 Å². The van der Waals surface area contributed by atoms with Gasteiger partial charge in [0.2, 0.25) is 11.9 Å². The lowest BCUT2D eigenvalue weighted by Gasteiger charge is -2.11. The second-order valence-electron chi connectivity index (χ2n) is 7.65. The maximum absolute atomic E-state index is 13.1. The second kappa shape index (κ2) is 11.5. The van der Waals surface area contributed by atoms with Crippen molar-refractivity contribution in [2.24, 2.45) is 0 Å². The zero-order valence-electron chi connectivity index (χ0n) is 19.8. The summed E-state index contributed by atoms with van der Waals surface area (Å²) in [6, 6.07) is 11.8. The van der Waals surface area contributed by atoms with E-state index in [9.17, 15) is 9.18 Å². The number of thiazole rings is 1. The van der Waals surface area contributed by atoms with Gasteiger partial charge in [0.15, 0.2) is 22.5 Å². The first kappa shape index (κ1) is 24.9. The number of hydrogen-bond acceptors (Lipinski definition) is 8. The highest BCUT2D eigenvalue weighted by atomic mass is 32.1. The number of amides is 1. The van der Waals surface area contributed by atoms with Gasteiger partial charge in [0.25, 0.3) is 0 Å². The Morgan fingerprint density at radius 1 is 1.14 bits per heavy atom. The van der Waals surface area contributed by atoms with Crippen LogP contribution in [-0.4, -0.2) is 46.4 Å². The lowest BCUT2D eigenvalue weighted by atomic mass is 10.1. The van der Waals surface area contributed by atoms with Crippen LogP contribution in [0.4, 0.5) is 15.5 Å². The van der Waals surface area contributed by atoms with E-state index in [0.29, 0.717) is 41.4 Å². The van der Waals surface area contributed by atoms with Crippen LogP contribution in [0.5, 0.6) is 11.5 Å². The Hall–Kier alpha value is -4.25. The van der Waals surface area contributed by atoms with Crippen molar-refractivity contribution in [3.8, 4) is 22.9 Å². The van der Waals surface area contributed by atoms with E-state index in [2.05, 4.69) is 32.4 Å². The van der Waals surface area contributed by atoms with Gasteiger partial charge in [0.1, 0.15) is 5.82 Å². The SMILES string of the molecule is C=CCn1c(NCC(=O)Nc2ncc(Cc3ccc(F)cc3)s2)nnc1-c1ccc(OC)c(OC)c1. The van der Waals surface area contributed by atoms with E-state index in [-0.39, 0.29) is 18.3 Å². The van der Waals surface area contributed by atoms with E-state index in [1.165, 1.54) is 23.5 Å². The van der Waals surface area contributed by atoms with Crippen molar-refractivity contribution >= 4 is 28.3 Å². The molecule has 36 heavy (non-hydrogen) atoms. The molecule has 2 N–H and O–H groups in total.